The summed E-state index contributed by atoms with van der Waals surface area (Å²) in [5, 5.41) is 13.3. The van der Waals surface area contributed by atoms with Gasteiger partial charge in [0.1, 0.15) is 29.9 Å². The Balaban J connectivity index is 1.50. The molecule has 4 aromatic rings. The molecule has 1 aromatic heterocycles. The van der Waals surface area contributed by atoms with Gasteiger partial charge in [-0.25, -0.2) is 0 Å². The summed E-state index contributed by atoms with van der Waals surface area (Å²) >= 11 is 1.42. The van der Waals surface area contributed by atoms with Gasteiger partial charge in [0.2, 0.25) is 0 Å². The Morgan fingerprint density at radius 1 is 0.947 bits per heavy atom. The normalized spacial score (nSPS) is 16.6. The van der Waals surface area contributed by atoms with Gasteiger partial charge in [-0.2, -0.15) is 0 Å². The average Bonchev–Trinajstić information content (AvgIpc) is 3.55. The number of aliphatic hydroxyl groups is 1. The standard InChI is InChI=1S/C31H27NO5S/c1-3-36-24-14-12-23(13-15-24)32-28(26-10-7-17-38-26)27(30(34)31(32)35)29(33)22-11-16-25(20(2)18-22)37-19-21-8-5-4-6-9-21/h4-18,28,33H,3,19H2,1-2H3/b29-27-. The summed E-state index contributed by atoms with van der Waals surface area (Å²) in [4.78, 5) is 28.9. The van der Waals surface area contributed by atoms with Crippen molar-refractivity contribution in [3.63, 3.8) is 0 Å². The molecule has 0 spiro atoms. The molecule has 1 N–H and O–H groups in total. The van der Waals surface area contributed by atoms with Crippen LogP contribution in [0.1, 0.15) is 34.5 Å². The fourth-order valence-corrected chi connectivity index (χ4v) is 5.36. The molecule has 0 saturated carbocycles. The van der Waals surface area contributed by atoms with E-state index in [1.807, 2.05) is 61.7 Å². The zero-order valence-corrected chi connectivity index (χ0v) is 21.9. The summed E-state index contributed by atoms with van der Waals surface area (Å²) in [6.07, 6.45) is 0. The number of ether oxygens (including phenoxy) is 2. The fraction of sp³-hybridized carbons (Fsp3) is 0.161. The van der Waals surface area contributed by atoms with Crippen LogP contribution in [-0.2, 0) is 16.2 Å². The van der Waals surface area contributed by atoms with Crippen LogP contribution in [0, 0.1) is 6.92 Å². The average molecular weight is 526 g/mol. The van der Waals surface area contributed by atoms with Crippen LogP contribution < -0.4 is 14.4 Å². The van der Waals surface area contributed by atoms with E-state index in [9.17, 15) is 14.7 Å². The lowest BCUT2D eigenvalue weighted by Crippen LogP contribution is -2.29. The van der Waals surface area contributed by atoms with Crippen molar-refractivity contribution >= 4 is 34.5 Å². The third-order valence-electron chi connectivity index (χ3n) is 6.37. The molecular formula is C31H27NO5S. The van der Waals surface area contributed by atoms with E-state index < -0.39 is 17.7 Å². The van der Waals surface area contributed by atoms with Crippen LogP contribution in [0.4, 0.5) is 5.69 Å². The summed E-state index contributed by atoms with van der Waals surface area (Å²) in [5.74, 6) is -0.279. The maximum absolute atomic E-state index is 13.3. The van der Waals surface area contributed by atoms with Crippen LogP contribution in [0.15, 0.2) is 95.9 Å². The van der Waals surface area contributed by atoms with Gasteiger partial charge in [0, 0.05) is 16.1 Å². The molecule has 6 nitrogen and oxygen atoms in total. The van der Waals surface area contributed by atoms with E-state index >= 15 is 0 Å². The maximum atomic E-state index is 13.3. The van der Waals surface area contributed by atoms with Crippen LogP contribution in [0.5, 0.6) is 11.5 Å². The van der Waals surface area contributed by atoms with Crippen molar-refractivity contribution in [1.82, 2.24) is 0 Å². The molecule has 1 aliphatic heterocycles. The van der Waals surface area contributed by atoms with E-state index in [0.717, 1.165) is 16.0 Å². The molecule has 192 valence electrons. The summed E-state index contributed by atoms with van der Waals surface area (Å²) in [7, 11) is 0. The van der Waals surface area contributed by atoms with Crippen molar-refractivity contribution in [3.8, 4) is 11.5 Å². The monoisotopic (exact) mass is 525 g/mol. The van der Waals surface area contributed by atoms with Gasteiger partial charge in [-0.05, 0) is 78.9 Å². The van der Waals surface area contributed by atoms with E-state index in [1.54, 1.807) is 42.5 Å². The first-order valence-corrected chi connectivity index (χ1v) is 13.2. The molecule has 0 bridgehead atoms. The van der Waals surface area contributed by atoms with Crippen molar-refractivity contribution in [2.24, 2.45) is 0 Å². The number of aliphatic hydroxyl groups excluding tert-OH is 1. The summed E-state index contributed by atoms with van der Waals surface area (Å²) < 4.78 is 11.5. The second kappa shape index (κ2) is 10.9. The molecule has 7 heteroatoms. The van der Waals surface area contributed by atoms with E-state index in [2.05, 4.69) is 0 Å². The molecule has 1 atom stereocenters. The summed E-state index contributed by atoms with van der Waals surface area (Å²) in [5.41, 5.74) is 2.90. The summed E-state index contributed by atoms with van der Waals surface area (Å²) in [6, 6.07) is 25.1. The van der Waals surface area contributed by atoms with Gasteiger partial charge in [0.15, 0.2) is 0 Å². The lowest BCUT2D eigenvalue weighted by molar-refractivity contribution is -0.132. The number of nitrogens with zero attached hydrogens (tertiary/aromatic N) is 1. The molecule has 3 aromatic carbocycles. The van der Waals surface area contributed by atoms with E-state index in [0.29, 0.717) is 36.0 Å². The largest absolute Gasteiger partial charge is 0.507 e. The molecular weight excluding hydrogens is 498 g/mol. The lowest BCUT2D eigenvalue weighted by atomic mass is 9.98. The van der Waals surface area contributed by atoms with Crippen molar-refractivity contribution in [2.45, 2.75) is 26.5 Å². The predicted octanol–water partition coefficient (Wildman–Crippen LogP) is 6.66. The number of thiophene rings is 1. The van der Waals surface area contributed by atoms with Gasteiger partial charge in [-0.3, -0.25) is 14.5 Å². The number of Topliss-reactive ketones (excluding diaryl/α,β-unsaturated/α-hetero) is 1. The number of carbonyl (C=O) groups is 2. The molecule has 1 fully saturated rings. The highest BCUT2D eigenvalue weighted by Crippen LogP contribution is 2.44. The first kappa shape index (κ1) is 25.3. The maximum Gasteiger partial charge on any atom is 0.300 e. The van der Waals surface area contributed by atoms with E-state index in [-0.39, 0.29) is 11.3 Å². The highest BCUT2D eigenvalue weighted by Gasteiger charge is 2.47. The smallest absolute Gasteiger partial charge is 0.300 e. The molecule has 1 aliphatic rings. The van der Waals surface area contributed by atoms with Crippen molar-refractivity contribution < 1.29 is 24.2 Å². The SMILES string of the molecule is CCOc1ccc(N2C(=O)C(=O)/C(=C(\O)c3ccc(OCc4ccccc4)c(C)c3)C2c2cccs2)cc1. The first-order chi connectivity index (χ1) is 18.5. The minimum atomic E-state index is -0.748. The molecule has 1 saturated heterocycles. The Morgan fingerprint density at radius 2 is 1.71 bits per heavy atom. The van der Waals surface area contributed by atoms with Crippen LogP contribution in [0.25, 0.3) is 5.76 Å². The molecule has 0 radical (unpaired) electrons. The number of anilines is 1. The highest BCUT2D eigenvalue weighted by molar-refractivity contribution is 7.10. The number of rotatable bonds is 8. The quantitative estimate of drug-likeness (QED) is 0.158. The molecule has 1 amide bonds. The van der Waals surface area contributed by atoms with Gasteiger partial charge in [0.25, 0.3) is 11.7 Å². The second-order valence-corrected chi connectivity index (χ2v) is 9.85. The molecule has 38 heavy (non-hydrogen) atoms. The first-order valence-electron chi connectivity index (χ1n) is 12.3. The number of ketones is 1. The molecule has 2 heterocycles. The van der Waals surface area contributed by atoms with Crippen LogP contribution in [0.2, 0.25) is 0 Å². The minimum absolute atomic E-state index is 0.0590. The Hall–Kier alpha value is -4.36. The van der Waals surface area contributed by atoms with Gasteiger partial charge in [0.05, 0.1) is 12.2 Å². The second-order valence-electron chi connectivity index (χ2n) is 8.87. The van der Waals surface area contributed by atoms with E-state index in [1.165, 1.54) is 16.2 Å². The van der Waals surface area contributed by atoms with Crippen LogP contribution in [-0.4, -0.2) is 23.4 Å². The molecule has 5 rings (SSSR count). The van der Waals surface area contributed by atoms with Crippen molar-refractivity contribution in [3.05, 3.63) is 117 Å². The predicted molar refractivity (Wildman–Crippen MR) is 149 cm³/mol. The van der Waals surface area contributed by atoms with E-state index in [4.69, 9.17) is 9.47 Å². The number of amides is 1. The van der Waals surface area contributed by atoms with Crippen LogP contribution in [0.3, 0.4) is 0 Å². The van der Waals surface area contributed by atoms with Crippen LogP contribution >= 0.6 is 11.3 Å². The van der Waals surface area contributed by atoms with Gasteiger partial charge >= 0.3 is 0 Å². The third kappa shape index (κ3) is 4.93. The topological polar surface area (TPSA) is 76.1 Å². The lowest BCUT2D eigenvalue weighted by Gasteiger charge is -2.24. The van der Waals surface area contributed by atoms with Crippen molar-refractivity contribution in [1.29, 1.82) is 0 Å². The fourth-order valence-electron chi connectivity index (χ4n) is 4.53. The number of hydrogen-bond acceptors (Lipinski definition) is 6. The van der Waals surface area contributed by atoms with Gasteiger partial charge in [-0.1, -0.05) is 36.4 Å². The number of aryl methyl sites for hydroxylation is 1. The van der Waals surface area contributed by atoms with Gasteiger partial charge < -0.3 is 14.6 Å². The number of benzene rings is 3. The van der Waals surface area contributed by atoms with Gasteiger partial charge in [-0.15, -0.1) is 11.3 Å². The third-order valence-corrected chi connectivity index (χ3v) is 7.29. The minimum Gasteiger partial charge on any atom is -0.507 e. The Kier molecular flexibility index (Phi) is 7.29. The zero-order valence-electron chi connectivity index (χ0n) is 21.1. The number of hydrogen-bond donors (Lipinski definition) is 1. The Bertz CT molecular complexity index is 1480. The molecule has 0 aliphatic carbocycles. The summed E-state index contributed by atoms with van der Waals surface area (Å²) in [6.45, 7) is 4.71. The molecule has 1 unspecified atom stereocenters. The zero-order chi connectivity index (χ0) is 26.6. The van der Waals surface area contributed by atoms with Crippen molar-refractivity contribution in [2.75, 3.05) is 11.5 Å². The number of carbonyl (C=O) groups excluding carboxylic acids is 2. The Morgan fingerprint density at radius 3 is 2.37 bits per heavy atom. The Labute approximate surface area is 225 Å². The highest BCUT2D eigenvalue weighted by atomic mass is 32.1.